The molecule has 3 unspecified atom stereocenters. The summed E-state index contributed by atoms with van der Waals surface area (Å²) in [5.74, 6) is -5.53. The van der Waals surface area contributed by atoms with Gasteiger partial charge in [0.25, 0.3) is 0 Å². The Hall–Kier alpha value is -2.87. The van der Waals surface area contributed by atoms with E-state index in [0.717, 1.165) is 0 Å². The smallest absolute Gasteiger partial charge is 0.322 e. The molecule has 0 aliphatic heterocycles. The maximum Gasteiger partial charge on any atom is 0.322 e. The monoisotopic (exact) mass is 449 g/mol. The molecule has 0 aromatic heterocycles. The summed E-state index contributed by atoms with van der Waals surface area (Å²) in [7, 11) is 0. The number of thioether (sulfide) groups is 1. The average Bonchev–Trinajstić information content (AvgIpc) is 2.65. The minimum Gasteiger partial charge on any atom is -0.481 e. The van der Waals surface area contributed by atoms with Crippen LogP contribution in [0.4, 0.5) is 0 Å². The summed E-state index contributed by atoms with van der Waals surface area (Å²) < 4.78 is 0. The van der Waals surface area contributed by atoms with Crippen molar-refractivity contribution < 1.29 is 39.0 Å². The third kappa shape index (κ3) is 11.9. The first-order chi connectivity index (χ1) is 14.0. The van der Waals surface area contributed by atoms with Crippen molar-refractivity contribution in [2.24, 2.45) is 11.5 Å². The molecular formula is C16H27N5O8S. The lowest BCUT2D eigenvalue weighted by molar-refractivity contribution is -0.140. The number of carbonyl (C=O) groups excluding carboxylic acids is 4. The Morgan fingerprint density at radius 1 is 0.900 bits per heavy atom. The van der Waals surface area contributed by atoms with Crippen LogP contribution >= 0.6 is 11.8 Å². The predicted octanol–water partition coefficient (Wildman–Crippen LogP) is -3.02. The number of nitrogens with one attached hydrogen (secondary N) is 3. The minimum atomic E-state index is -1.45. The molecule has 0 aliphatic carbocycles. The number of hydrogen-bond donors (Lipinski definition) is 7. The molecule has 30 heavy (non-hydrogen) atoms. The first-order valence-corrected chi connectivity index (χ1v) is 10.2. The lowest BCUT2D eigenvalue weighted by Crippen LogP contribution is -2.56. The second-order valence-corrected chi connectivity index (χ2v) is 7.21. The van der Waals surface area contributed by atoms with Gasteiger partial charge in [0, 0.05) is 6.42 Å². The van der Waals surface area contributed by atoms with E-state index in [-0.39, 0.29) is 6.42 Å². The number of primary amides is 1. The number of carboxylic acids is 2. The van der Waals surface area contributed by atoms with Gasteiger partial charge in [-0.15, -0.1) is 0 Å². The number of rotatable bonds is 15. The van der Waals surface area contributed by atoms with Crippen molar-refractivity contribution >= 4 is 47.3 Å². The Morgan fingerprint density at radius 2 is 1.50 bits per heavy atom. The minimum absolute atomic E-state index is 0.316. The van der Waals surface area contributed by atoms with Crippen molar-refractivity contribution in [1.82, 2.24) is 16.0 Å². The third-order valence-corrected chi connectivity index (χ3v) is 4.35. The summed E-state index contributed by atoms with van der Waals surface area (Å²) in [6.07, 6.45) is 0.696. The highest BCUT2D eigenvalue weighted by Gasteiger charge is 2.29. The van der Waals surface area contributed by atoms with Gasteiger partial charge in [0.15, 0.2) is 0 Å². The lowest BCUT2D eigenvalue weighted by atomic mass is 10.1. The summed E-state index contributed by atoms with van der Waals surface area (Å²) in [4.78, 5) is 69.5. The van der Waals surface area contributed by atoms with E-state index in [1.165, 1.54) is 11.8 Å². The predicted molar refractivity (Wildman–Crippen MR) is 106 cm³/mol. The van der Waals surface area contributed by atoms with Gasteiger partial charge in [0.05, 0.1) is 12.5 Å². The molecule has 0 rings (SSSR count). The highest BCUT2D eigenvalue weighted by atomic mass is 32.2. The number of hydrogen-bond acceptors (Lipinski definition) is 8. The van der Waals surface area contributed by atoms with E-state index in [2.05, 4.69) is 10.6 Å². The molecule has 4 amide bonds. The zero-order chi connectivity index (χ0) is 23.3. The molecule has 0 saturated carbocycles. The maximum absolute atomic E-state index is 12.5. The topological polar surface area (TPSA) is 231 Å². The van der Waals surface area contributed by atoms with Gasteiger partial charge in [-0.05, 0) is 24.9 Å². The van der Waals surface area contributed by atoms with Crippen LogP contribution in [0.2, 0.25) is 0 Å². The summed E-state index contributed by atoms with van der Waals surface area (Å²) >= 11 is 1.46. The Balaban J connectivity index is 5.26. The molecule has 0 saturated heterocycles. The highest BCUT2D eigenvalue weighted by molar-refractivity contribution is 7.98. The van der Waals surface area contributed by atoms with Crippen molar-refractivity contribution in [3.8, 4) is 0 Å². The standard InChI is InChI=1S/C16H27N5O8S/c1-30-5-4-8(17)14(27)21-10(6-11(18)22)16(29)20-9(2-3-12(23)24)15(28)19-7-13(25)26/h8-10H,2-7,17H2,1H3,(H2,18,22)(H,19,28)(H,20,29)(H,21,27)(H,23,24)(H,25,26). The van der Waals surface area contributed by atoms with Crippen LogP contribution in [0, 0.1) is 0 Å². The van der Waals surface area contributed by atoms with Gasteiger partial charge in [-0.25, -0.2) is 0 Å². The van der Waals surface area contributed by atoms with Crippen molar-refractivity contribution in [2.45, 2.75) is 43.8 Å². The molecule has 0 bridgehead atoms. The number of aliphatic carboxylic acids is 2. The second-order valence-electron chi connectivity index (χ2n) is 6.22. The average molecular weight is 449 g/mol. The zero-order valence-electron chi connectivity index (χ0n) is 16.4. The molecule has 0 aromatic carbocycles. The van der Waals surface area contributed by atoms with Gasteiger partial charge in [-0.2, -0.15) is 11.8 Å². The first kappa shape index (κ1) is 27.1. The molecular weight excluding hydrogens is 422 g/mol. The SMILES string of the molecule is CSCCC(N)C(=O)NC(CC(N)=O)C(=O)NC(CCC(=O)O)C(=O)NCC(=O)O. The van der Waals surface area contributed by atoms with Crippen LogP contribution in [0.15, 0.2) is 0 Å². The lowest BCUT2D eigenvalue weighted by Gasteiger charge is -2.23. The van der Waals surface area contributed by atoms with Gasteiger partial charge in [-0.1, -0.05) is 0 Å². The van der Waals surface area contributed by atoms with Crippen LogP contribution in [0.25, 0.3) is 0 Å². The third-order valence-electron chi connectivity index (χ3n) is 3.70. The Bertz CT molecular complexity index is 660. The van der Waals surface area contributed by atoms with Gasteiger partial charge in [0.2, 0.25) is 23.6 Å². The van der Waals surface area contributed by atoms with Crippen molar-refractivity contribution in [3.63, 3.8) is 0 Å². The fourth-order valence-corrected chi connectivity index (χ4v) is 2.65. The van der Waals surface area contributed by atoms with E-state index in [1.54, 1.807) is 0 Å². The van der Waals surface area contributed by atoms with Crippen LogP contribution in [0.1, 0.15) is 25.7 Å². The molecule has 0 radical (unpaired) electrons. The van der Waals surface area contributed by atoms with Gasteiger partial charge >= 0.3 is 11.9 Å². The van der Waals surface area contributed by atoms with Crippen molar-refractivity contribution in [1.29, 1.82) is 0 Å². The van der Waals surface area contributed by atoms with Gasteiger partial charge < -0.3 is 37.6 Å². The van der Waals surface area contributed by atoms with Crippen LogP contribution in [-0.2, 0) is 28.8 Å². The summed E-state index contributed by atoms with van der Waals surface area (Å²) in [5, 5.41) is 24.0. The molecule has 9 N–H and O–H groups in total. The van der Waals surface area contributed by atoms with E-state index >= 15 is 0 Å². The van der Waals surface area contributed by atoms with E-state index in [0.29, 0.717) is 12.2 Å². The fraction of sp³-hybridized carbons (Fsp3) is 0.625. The Morgan fingerprint density at radius 3 is 2.00 bits per heavy atom. The molecule has 170 valence electrons. The molecule has 0 fully saturated rings. The van der Waals surface area contributed by atoms with Crippen LogP contribution in [0.5, 0.6) is 0 Å². The van der Waals surface area contributed by atoms with Crippen LogP contribution in [-0.4, -0.2) is 82.5 Å². The maximum atomic E-state index is 12.5. The Labute approximate surface area is 176 Å². The van der Waals surface area contributed by atoms with E-state index in [4.69, 9.17) is 21.7 Å². The fourth-order valence-electron chi connectivity index (χ4n) is 2.16. The Kier molecular flexibility index (Phi) is 12.8. The summed E-state index contributed by atoms with van der Waals surface area (Å²) in [6.45, 7) is -0.746. The van der Waals surface area contributed by atoms with E-state index in [1.807, 2.05) is 11.6 Å². The molecule has 13 nitrogen and oxygen atoms in total. The normalized spacial score (nSPS) is 13.4. The molecule has 0 spiro atoms. The van der Waals surface area contributed by atoms with Crippen LogP contribution in [0.3, 0.4) is 0 Å². The number of carbonyl (C=O) groups is 6. The van der Waals surface area contributed by atoms with Gasteiger partial charge in [-0.3, -0.25) is 28.8 Å². The summed E-state index contributed by atoms with van der Waals surface area (Å²) in [6, 6.07) is -3.80. The largest absolute Gasteiger partial charge is 0.481 e. The quantitative estimate of drug-likeness (QED) is 0.134. The number of carboxylic acid groups (broad SMARTS) is 2. The highest BCUT2D eigenvalue weighted by Crippen LogP contribution is 2.03. The number of nitrogens with two attached hydrogens (primary N) is 2. The van der Waals surface area contributed by atoms with Crippen LogP contribution < -0.4 is 27.4 Å². The molecule has 0 heterocycles. The van der Waals surface area contributed by atoms with E-state index < -0.39 is 73.1 Å². The summed E-state index contributed by atoms with van der Waals surface area (Å²) in [5.41, 5.74) is 10.8. The second kappa shape index (κ2) is 14.2. The number of amides is 4. The van der Waals surface area contributed by atoms with Crippen molar-refractivity contribution in [2.75, 3.05) is 18.6 Å². The van der Waals surface area contributed by atoms with E-state index in [9.17, 15) is 28.8 Å². The first-order valence-electron chi connectivity index (χ1n) is 8.82. The molecule has 0 aromatic rings. The zero-order valence-corrected chi connectivity index (χ0v) is 17.2. The molecule has 0 aliphatic rings. The van der Waals surface area contributed by atoms with Crippen molar-refractivity contribution in [3.05, 3.63) is 0 Å². The molecule has 14 heteroatoms. The van der Waals surface area contributed by atoms with Gasteiger partial charge in [0.1, 0.15) is 18.6 Å². The molecule has 3 atom stereocenters.